The fourth-order valence-corrected chi connectivity index (χ4v) is 2.56. The fourth-order valence-electron chi connectivity index (χ4n) is 2.56. The lowest BCUT2D eigenvalue weighted by Crippen LogP contribution is -2.23. The predicted molar refractivity (Wildman–Crippen MR) is 94.6 cm³/mol. The number of nitrogens with one attached hydrogen (secondary N) is 1. The molecule has 0 aliphatic heterocycles. The standard InChI is InChI=1S/C20H19N3O/c1-14-5-3-7-19(15(14)2)17-9-18(13-22-12-17)20(24)23-11-16-6-4-8-21-10-16/h3-10,12-13H,11H2,1-2H3,(H,23,24). The van der Waals surface area contributed by atoms with Crippen molar-refractivity contribution in [1.82, 2.24) is 15.3 Å². The largest absolute Gasteiger partial charge is 0.348 e. The van der Waals surface area contributed by atoms with Gasteiger partial charge < -0.3 is 5.32 Å². The zero-order chi connectivity index (χ0) is 16.9. The van der Waals surface area contributed by atoms with Crippen LogP contribution in [0.25, 0.3) is 11.1 Å². The van der Waals surface area contributed by atoms with E-state index in [1.165, 1.54) is 11.1 Å². The Hall–Kier alpha value is -3.01. The van der Waals surface area contributed by atoms with Crippen molar-refractivity contribution < 1.29 is 4.79 Å². The van der Waals surface area contributed by atoms with Crippen LogP contribution in [-0.4, -0.2) is 15.9 Å². The first-order valence-corrected chi connectivity index (χ1v) is 7.84. The molecule has 0 aliphatic rings. The van der Waals surface area contributed by atoms with Crippen LogP contribution in [0, 0.1) is 13.8 Å². The fraction of sp³-hybridized carbons (Fsp3) is 0.150. The second-order valence-corrected chi connectivity index (χ2v) is 5.75. The van der Waals surface area contributed by atoms with E-state index in [1.54, 1.807) is 24.8 Å². The monoisotopic (exact) mass is 317 g/mol. The van der Waals surface area contributed by atoms with E-state index in [9.17, 15) is 4.79 Å². The normalized spacial score (nSPS) is 10.4. The maximum atomic E-state index is 12.4. The molecule has 0 aliphatic carbocycles. The Morgan fingerprint density at radius 3 is 2.71 bits per heavy atom. The Kier molecular flexibility index (Phi) is 4.66. The Morgan fingerprint density at radius 2 is 1.92 bits per heavy atom. The van der Waals surface area contributed by atoms with E-state index in [4.69, 9.17) is 0 Å². The molecule has 1 N–H and O–H groups in total. The van der Waals surface area contributed by atoms with Gasteiger partial charge in [0.25, 0.3) is 5.91 Å². The summed E-state index contributed by atoms with van der Waals surface area (Å²) >= 11 is 0. The molecule has 4 nitrogen and oxygen atoms in total. The van der Waals surface area contributed by atoms with Crippen LogP contribution in [0.5, 0.6) is 0 Å². The predicted octanol–water partition coefficient (Wildman–Crippen LogP) is 3.69. The summed E-state index contributed by atoms with van der Waals surface area (Å²) in [6.45, 7) is 4.61. The number of carbonyl (C=O) groups excluding carboxylic acids is 1. The first-order chi connectivity index (χ1) is 11.6. The smallest absolute Gasteiger partial charge is 0.253 e. The third-order valence-electron chi connectivity index (χ3n) is 4.09. The van der Waals surface area contributed by atoms with E-state index in [-0.39, 0.29) is 5.91 Å². The van der Waals surface area contributed by atoms with Gasteiger partial charge in [-0.2, -0.15) is 0 Å². The number of pyridine rings is 2. The molecule has 0 radical (unpaired) electrons. The summed E-state index contributed by atoms with van der Waals surface area (Å²) < 4.78 is 0. The van der Waals surface area contributed by atoms with Crippen molar-refractivity contribution in [2.75, 3.05) is 0 Å². The molecular formula is C20H19N3O. The molecule has 0 spiro atoms. The molecule has 1 aromatic carbocycles. The SMILES string of the molecule is Cc1cccc(-c2cncc(C(=O)NCc3cccnc3)c2)c1C. The van der Waals surface area contributed by atoms with Crippen LogP contribution in [-0.2, 0) is 6.54 Å². The van der Waals surface area contributed by atoms with E-state index in [0.29, 0.717) is 12.1 Å². The summed E-state index contributed by atoms with van der Waals surface area (Å²) in [6.07, 6.45) is 6.83. The molecule has 24 heavy (non-hydrogen) atoms. The topological polar surface area (TPSA) is 54.9 Å². The van der Waals surface area contributed by atoms with Crippen LogP contribution < -0.4 is 5.32 Å². The van der Waals surface area contributed by atoms with Crippen LogP contribution in [0.1, 0.15) is 27.0 Å². The lowest BCUT2D eigenvalue weighted by atomic mass is 9.97. The summed E-state index contributed by atoms with van der Waals surface area (Å²) in [5.41, 5.74) is 5.99. The van der Waals surface area contributed by atoms with Crippen molar-refractivity contribution in [2.24, 2.45) is 0 Å². The van der Waals surface area contributed by atoms with E-state index in [2.05, 4.69) is 41.3 Å². The second kappa shape index (κ2) is 7.04. The molecule has 3 aromatic rings. The highest BCUT2D eigenvalue weighted by atomic mass is 16.1. The summed E-state index contributed by atoms with van der Waals surface area (Å²) in [5, 5.41) is 2.90. The minimum atomic E-state index is -0.140. The van der Waals surface area contributed by atoms with E-state index >= 15 is 0 Å². The van der Waals surface area contributed by atoms with Crippen LogP contribution in [0.3, 0.4) is 0 Å². The van der Waals surface area contributed by atoms with Crippen molar-refractivity contribution in [2.45, 2.75) is 20.4 Å². The number of hydrogen-bond donors (Lipinski definition) is 1. The van der Waals surface area contributed by atoms with E-state index in [0.717, 1.165) is 16.7 Å². The summed E-state index contributed by atoms with van der Waals surface area (Å²) in [7, 11) is 0. The van der Waals surface area contributed by atoms with Gasteiger partial charge in [0.05, 0.1) is 5.56 Å². The molecule has 3 rings (SSSR count). The van der Waals surface area contributed by atoms with Crippen molar-refractivity contribution in [3.63, 3.8) is 0 Å². The van der Waals surface area contributed by atoms with Gasteiger partial charge in [0.15, 0.2) is 0 Å². The molecule has 0 saturated carbocycles. The van der Waals surface area contributed by atoms with Gasteiger partial charge in [-0.05, 0) is 48.2 Å². The molecule has 0 saturated heterocycles. The van der Waals surface area contributed by atoms with Crippen molar-refractivity contribution in [1.29, 1.82) is 0 Å². The first-order valence-electron chi connectivity index (χ1n) is 7.84. The van der Waals surface area contributed by atoms with Gasteiger partial charge in [-0.25, -0.2) is 0 Å². The highest BCUT2D eigenvalue weighted by Gasteiger charge is 2.10. The van der Waals surface area contributed by atoms with Gasteiger partial charge in [0, 0.05) is 36.9 Å². The molecule has 0 unspecified atom stereocenters. The number of amides is 1. The number of benzene rings is 1. The van der Waals surface area contributed by atoms with Gasteiger partial charge in [-0.1, -0.05) is 24.3 Å². The number of hydrogen-bond acceptors (Lipinski definition) is 3. The zero-order valence-electron chi connectivity index (χ0n) is 13.8. The quantitative estimate of drug-likeness (QED) is 0.798. The molecule has 0 bridgehead atoms. The van der Waals surface area contributed by atoms with Crippen molar-refractivity contribution in [3.05, 3.63) is 83.4 Å². The average Bonchev–Trinajstić information content (AvgIpc) is 2.63. The van der Waals surface area contributed by atoms with Gasteiger partial charge in [-0.3, -0.25) is 14.8 Å². The highest BCUT2D eigenvalue weighted by molar-refractivity contribution is 5.95. The summed E-state index contributed by atoms with van der Waals surface area (Å²) in [5.74, 6) is -0.140. The Bertz CT molecular complexity index is 860. The average molecular weight is 317 g/mol. The van der Waals surface area contributed by atoms with Crippen molar-refractivity contribution in [3.8, 4) is 11.1 Å². The zero-order valence-corrected chi connectivity index (χ0v) is 13.8. The molecule has 4 heteroatoms. The molecule has 120 valence electrons. The maximum Gasteiger partial charge on any atom is 0.253 e. The Labute approximate surface area is 141 Å². The molecule has 0 fully saturated rings. The van der Waals surface area contributed by atoms with Gasteiger partial charge >= 0.3 is 0 Å². The Morgan fingerprint density at radius 1 is 1.04 bits per heavy atom. The number of carbonyl (C=O) groups is 1. The summed E-state index contributed by atoms with van der Waals surface area (Å²) in [4.78, 5) is 20.7. The highest BCUT2D eigenvalue weighted by Crippen LogP contribution is 2.25. The van der Waals surface area contributed by atoms with Gasteiger partial charge in [0.2, 0.25) is 0 Å². The Balaban J connectivity index is 1.80. The number of aryl methyl sites for hydroxylation is 1. The van der Waals surface area contributed by atoms with E-state index in [1.807, 2.05) is 24.3 Å². The number of rotatable bonds is 4. The molecule has 1 amide bonds. The van der Waals surface area contributed by atoms with Gasteiger partial charge in [0.1, 0.15) is 0 Å². The molecular weight excluding hydrogens is 298 g/mol. The van der Waals surface area contributed by atoms with Crippen molar-refractivity contribution >= 4 is 5.91 Å². The summed E-state index contributed by atoms with van der Waals surface area (Å²) in [6, 6.07) is 11.8. The third-order valence-corrected chi connectivity index (χ3v) is 4.09. The van der Waals surface area contributed by atoms with E-state index < -0.39 is 0 Å². The van der Waals surface area contributed by atoms with Crippen LogP contribution >= 0.6 is 0 Å². The molecule has 2 aromatic heterocycles. The number of nitrogens with zero attached hydrogens (tertiary/aromatic N) is 2. The lowest BCUT2D eigenvalue weighted by molar-refractivity contribution is 0.0950. The molecule has 2 heterocycles. The maximum absolute atomic E-state index is 12.4. The lowest BCUT2D eigenvalue weighted by Gasteiger charge is -2.10. The first kappa shape index (κ1) is 15.9. The third kappa shape index (κ3) is 3.49. The van der Waals surface area contributed by atoms with Crippen LogP contribution in [0.2, 0.25) is 0 Å². The second-order valence-electron chi connectivity index (χ2n) is 5.75. The van der Waals surface area contributed by atoms with Gasteiger partial charge in [-0.15, -0.1) is 0 Å². The van der Waals surface area contributed by atoms with Crippen LogP contribution in [0.15, 0.2) is 61.2 Å². The number of aromatic nitrogens is 2. The van der Waals surface area contributed by atoms with Crippen LogP contribution in [0.4, 0.5) is 0 Å². The minimum absolute atomic E-state index is 0.140. The molecule has 0 atom stereocenters. The minimum Gasteiger partial charge on any atom is -0.348 e.